The first-order valence-electron chi connectivity index (χ1n) is 8.03. The fraction of sp³-hybridized carbons (Fsp3) is 0.533. The summed E-state index contributed by atoms with van der Waals surface area (Å²) < 4.78 is 37.1. The summed E-state index contributed by atoms with van der Waals surface area (Å²) in [4.78, 5) is 24.6. The largest absolute Gasteiger partial charge is 0.401 e. The van der Waals surface area contributed by atoms with Crippen LogP contribution >= 0.6 is 0 Å². The van der Waals surface area contributed by atoms with E-state index in [9.17, 15) is 18.0 Å². The summed E-state index contributed by atoms with van der Waals surface area (Å²) in [5.41, 5.74) is 1.28. The molecular weight excluding hydrogens is 337 g/mol. The lowest BCUT2D eigenvalue weighted by atomic mass is 9.97. The highest BCUT2D eigenvalue weighted by atomic mass is 19.4. The molecule has 25 heavy (non-hydrogen) atoms. The summed E-state index contributed by atoms with van der Waals surface area (Å²) in [6.45, 7) is 0.339. The van der Waals surface area contributed by atoms with E-state index in [0.29, 0.717) is 49.5 Å². The molecule has 2 aromatic heterocycles. The summed E-state index contributed by atoms with van der Waals surface area (Å²) in [6.07, 6.45) is 0.261. The third-order valence-corrected chi connectivity index (χ3v) is 4.16. The monoisotopic (exact) mass is 356 g/mol. The van der Waals surface area contributed by atoms with Gasteiger partial charge in [0.2, 0.25) is 0 Å². The normalized spacial score (nSPS) is 16.9. The van der Waals surface area contributed by atoms with E-state index < -0.39 is 18.8 Å². The molecule has 1 aliphatic rings. The lowest BCUT2D eigenvalue weighted by Crippen LogP contribution is -2.43. The summed E-state index contributed by atoms with van der Waals surface area (Å²) in [7, 11) is 0. The van der Waals surface area contributed by atoms with Crippen molar-refractivity contribution in [1.29, 1.82) is 0 Å². The van der Waals surface area contributed by atoms with Crippen LogP contribution < -0.4 is 10.6 Å². The minimum atomic E-state index is -4.16. The Labute approximate surface area is 142 Å². The number of piperidine rings is 1. The van der Waals surface area contributed by atoms with Crippen LogP contribution in [0.25, 0.3) is 11.2 Å². The van der Waals surface area contributed by atoms with Crippen LogP contribution in [0.3, 0.4) is 0 Å². The lowest BCUT2D eigenvalue weighted by molar-refractivity contribution is -0.148. The number of halogens is 3. The first-order chi connectivity index (χ1) is 11.9. The number of amides is 2. The molecule has 3 N–H and O–H groups in total. The molecule has 2 amide bonds. The molecule has 0 aromatic carbocycles. The molecule has 1 fully saturated rings. The Bertz CT molecular complexity index is 723. The molecule has 2 aromatic rings. The molecule has 0 aliphatic carbocycles. The maximum absolute atomic E-state index is 12.4. The zero-order valence-corrected chi connectivity index (χ0v) is 13.4. The highest BCUT2D eigenvalue weighted by molar-refractivity contribution is 5.89. The minimum absolute atomic E-state index is 0.175. The van der Waals surface area contributed by atoms with Crippen molar-refractivity contribution >= 4 is 23.0 Å². The van der Waals surface area contributed by atoms with Crippen LogP contribution in [0.5, 0.6) is 0 Å². The smallest absolute Gasteiger partial charge is 0.345 e. The van der Waals surface area contributed by atoms with E-state index in [2.05, 4.69) is 25.6 Å². The number of fused-ring (bicyclic) bond motifs is 1. The molecule has 0 atom stereocenters. The molecule has 0 radical (unpaired) electrons. The molecular formula is C15H19F3N6O. The standard InChI is InChI=1S/C15H19F3N6O/c16-15(17,18)9-24-5-2-10(3-6-24)7-21-14(25)23-12-8-20-13-11(22-12)1-4-19-13/h1,4,8,10H,2-3,5-7,9H2,(H,19,20)(H2,21,22,23,25). The number of nitrogens with zero attached hydrogens (tertiary/aromatic N) is 3. The number of H-pyrrole nitrogens is 1. The molecule has 10 heteroatoms. The van der Waals surface area contributed by atoms with E-state index in [1.165, 1.54) is 11.1 Å². The Morgan fingerprint density at radius 2 is 2.12 bits per heavy atom. The van der Waals surface area contributed by atoms with E-state index in [-0.39, 0.29) is 5.92 Å². The van der Waals surface area contributed by atoms with E-state index in [1.54, 1.807) is 12.3 Å². The minimum Gasteiger partial charge on any atom is -0.345 e. The van der Waals surface area contributed by atoms with Crippen LogP contribution in [0.15, 0.2) is 18.5 Å². The molecule has 0 bridgehead atoms. The number of hydrogen-bond donors (Lipinski definition) is 3. The van der Waals surface area contributed by atoms with Crippen molar-refractivity contribution < 1.29 is 18.0 Å². The zero-order valence-electron chi connectivity index (χ0n) is 13.4. The van der Waals surface area contributed by atoms with Crippen LogP contribution in [-0.4, -0.2) is 58.2 Å². The van der Waals surface area contributed by atoms with Crippen molar-refractivity contribution in [2.45, 2.75) is 19.0 Å². The van der Waals surface area contributed by atoms with Gasteiger partial charge in [-0.05, 0) is 37.9 Å². The van der Waals surface area contributed by atoms with Gasteiger partial charge >= 0.3 is 12.2 Å². The average Bonchev–Trinajstić information content (AvgIpc) is 3.00. The number of anilines is 1. The molecule has 0 saturated carbocycles. The number of nitrogens with one attached hydrogen (secondary N) is 3. The van der Waals surface area contributed by atoms with Gasteiger partial charge in [0.1, 0.15) is 5.52 Å². The van der Waals surface area contributed by atoms with Gasteiger partial charge in [-0.1, -0.05) is 0 Å². The molecule has 136 valence electrons. The third-order valence-electron chi connectivity index (χ3n) is 4.16. The van der Waals surface area contributed by atoms with Gasteiger partial charge in [0.25, 0.3) is 0 Å². The van der Waals surface area contributed by atoms with Gasteiger partial charge in [-0.25, -0.2) is 14.8 Å². The zero-order chi connectivity index (χ0) is 17.9. The fourth-order valence-corrected chi connectivity index (χ4v) is 2.89. The van der Waals surface area contributed by atoms with Crippen molar-refractivity contribution in [3.8, 4) is 0 Å². The van der Waals surface area contributed by atoms with Gasteiger partial charge < -0.3 is 10.3 Å². The molecule has 3 rings (SSSR count). The van der Waals surface area contributed by atoms with Crippen LogP contribution in [-0.2, 0) is 0 Å². The molecule has 1 aliphatic heterocycles. The third kappa shape index (κ3) is 5.05. The second-order valence-corrected chi connectivity index (χ2v) is 6.14. The molecule has 1 saturated heterocycles. The summed E-state index contributed by atoms with van der Waals surface area (Å²) in [5, 5.41) is 5.35. The first kappa shape index (κ1) is 17.5. The number of hydrogen-bond acceptors (Lipinski definition) is 4. The Morgan fingerprint density at radius 1 is 1.36 bits per heavy atom. The summed E-state index contributed by atoms with van der Waals surface area (Å²) in [6, 6.07) is 1.35. The van der Waals surface area contributed by atoms with Gasteiger partial charge in [-0.2, -0.15) is 13.2 Å². The number of rotatable bonds is 4. The summed E-state index contributed by atoms with van der Waals surface area (Å²) >= 11 is 0. The highest BCUT2D eigenvalue weighted by Crippen LogP contribution is 2.22. The average molecular weight is 356 g/mol. The predicted octanol–water partition coefficient (Wildman–Crippen LogP) is 2.35. The van der Waals surface area contributed by atoms with Crippen molar-refractivity contribution in [2.24, 2.45) is 5.92 Å². The first-order valence-corrected chi connectivity index (χ1v) is 8.03. The Kier molecular flexibility index (Phi) is 5.07. The van der Waals surface area contributed by atoms with Crippen molar-refractivity contribution in [3.05, 3.63) is 18.5 Å². The van der Waals surface area contributed by atoms with Gasteiger partial charge in [0.15, 0.2) is 11.5 Å². The SMILES string of the molecule is O=C(NCC1CCN(CC(F)(F)F)CC1)Nc1cnc2[nH]ccc2n1. The number of carbonyl (C=O) groups excluding carboxylic acids is 1. The molecule has 0 spiro atoms. The number of likely N-dealkylation sites (tertiary alicyclic amines) is 1. The van der Waals surface area contributed by atoms with Crippen molar-refractivity contribution in [1.82, 2.24) is 25.2 Å². The fourth-order valence-electron chi connectivity index (χ4n) is 2.89. The Hall–Kier alpha value is -2.36. The van der Waals surface area contributed by atoms with E-state index >= 15 is 0 Å². The van der Waals surface area contributed by atoms with Crippen LogP contribution in [0, 0.1) is 5.92 Å². The van der Waals surface area contributed by atoms with Gasteiger partial charge in [-0.3, -0.25) is 10.2 Å². The van der Waals surface area contributed by atoms with E-state index in [4.69, 9.17) is 0 Å². The number of urea groups is 1. The number of carbonyl (C=O) groups is 1. The molecule has 0 unspecified atom stereocenters. The van der Waals surface area contributed by atoms with E-state index in [0.717, 1.165) is 0 Å². The van der Waals surface area contributed by atoms with Crippen molar-refractivity contribution in [2.75, 3.05) is 31.5 Å². The van der Waals surface area contributed by atoms with Gasteiger partial charge in [-0.15, -0.1) is 0 Å². The quantitative estimate of drug-likeness (QED) is 0.785. The topological polar surface area (TPSA) is 85.9 Å². The maximum Gasteiger partial charge on any atom is 0.401 e. The maximum atomic E-state index is 12.4. The van der Waals surface area contributed by atoms with Crippen LogP contribution in [0.1, 0.15) is 12.8 Å². The van der Waals surface area contributed by atoms with E-state index in [1.807, 2.05) is 0 Å². The Morgan fingerprint density at radius 3 is 2.84 bits per heavy atom. The second-order valence-electron chi connectivity index (χ2n) is 6.14. The van der Waals surface area contributed by atoms with Gasteiger partial charge in [0.05, 0.1) is 12.7 Å². The highest BCUT2D eigenvalue weighted by Gasteiger charge is 2.32. The van der Waals surface area contributed by atoms with Gasteiger partial charge in [0, 0.05) is 12.7 Å². The summed E-state index contributed by atoms with van der Waals surface area (Å²) in [5.74, 6) is 0.512. The number of aromatic amines is 1. The van der Waals surface area contributed by atoms with Crippen molar-refractivity contribution in [3.63, 3.8) is 0 Å². The lowest BCUT2D eigenvalue weighted by Gasteiger charge is -2.32. The molecule has 3 heterocycles. The Balaban J connectivity index is 1.41. The predicted molar refractivity (Wildman–Crippen MR) is 86.1 cm³/mol. The number of aromatic nitrogens is 3. The molecule has 7 nitrogen and oxygen atoms in total. The second kappa shape index (κ2) is 7.26. The van der Waals surface area contributed by atoms with Crippen LogP contribution in [0.2, 0.25) is 0 Å². The number of alkyl halides is 3. The van der Waals surface area contributed by atoms with Crippen LogP contribution in [0.4, 0.5) is 23.8 Å².